The molecule has 1 saturated heterocycles. The third-order valence-corrected chi connectivity index (χ3v) is 7.17. The highest BCUT2D eigenvalue weighted by Crippen LogP contribution is 2.31. The lowest BCUT2D eigenvalue weighted by atomic mass is 9.85. The van der Waals surface area contributed by atoms with Gasteiger partial charge in [0.1, 0.15) is 11.7 Å². The summed E-state index contributed by atoms with van der Waals surface area (Å²) in [5.41, 5.74) is 1.84. The van der Waals surface area contributed by atoms with Crippen LogP contribution in [-0.4, -0.2) is 67.0 Å². The van der Waals surface area contributed by atoms with Crippen LogP contribution in [0.4, 0.5) is 0 Å². The first kappa shape index (κ1) is 26.9. The quantitative estimate of drug-likeness (QED) is 0.504. The zero-order chi connectivity index (χ0) is 25.9. The summed E-state index contributed by atoms with van der Waals surface area (Å²) in [6.45, 7) is 8.76. The van der Waals surface area contributed by atoms with Gasteiger partial charge in [-0.3, -0.25) is 14.4 Å². The molecule has 10 heteroatoms. The maximum atomic E-state index is 13.4. The number of likely N-dealkylation sites (tertiary alicyclic amines) is 1. The van der Waals surface area contributed by atoms with E-state index < -0.39 is 23.6 Å². The summed E-state index contributed by atoms with van der Waals surface area (Å²) in [5.74, 6) is -0.885. The van der Waals surface area contributed by atoms with Gasteiger partial charge in [-0.1, -0.05) is 56.4 Å². The molecule has 0 radical (unpaired) electrons. The van der Waals surface area contributed by atoms with Gasteiger partial charge in [0.25, 0.3) is 0 Å². The molecule has 3 rings (SSSR count). The Balaban J connectivity index is 1.72. The van der Waals surface area contributed by atoms with Gasteiger partial charge in [0.2, 0.25) is 11.8 Å². The lowest BCUT2D eigenvalue weighted by Crippen LogP contribution is -2.56. The largest absolute Gasteiger partial charge is 0.391 e. The molecule has 0 aliphatic carbocycles. The second kappa shape index (κ2) is 10.9. The number of aliphatic hydroxyl groups is 2. The van der Waals surface area contributed by atoms with E-state index in [1.165, 1.54) is 23.4 Å². The Morgan fingerprint density at radius 1 is 1.23 bits per heavy atom. The Labute approximate surface area is 209 Å². The molecule has 0 bridgehead atoms. The zero-order valence-electron chi connectivity index (χ0n) is 20.8. The standard InChI is InChI=1S/C25H34N4O5S/c1-14(16-6-8-17(9-7-16)22-19(13-30)27-28-35-22)10-21(33)20-11-18(32)12-29(20)24(34)23(25(3,4)5)26-15(2)31/h6-9,14,18,20,23,30,32H,10-13H2,1-5H3,(H,26,31)/t14-,18-,20+,23-/m1/s1. The fourth-order valence-corrected chi connectivity index (χ4v) is 5.10. The Morgan fingerprint density at radius 3 is 2.46 bits per heavy atom. The number of amides is 2. The molecule has 1 fully saturated rings. The Kier molecular flexibility index (Phi) is 8.40. The summed E-state index contributed by atoms with van der Waals surface area (Å²) in [5, 5.41) is 26.3. The number of β-amino-alcohol motifs (C(OH)–C–C–N with tert-alkyl or cyclic N) is 1. The molecule has 1 aliphatic heterocycles. The number of rotatable bonds is 8. The number of hydrogen-bond acceptors (Lipinski definition) is 8. The molecule has 190 valence electrons. The van der Waals surface area contributed by atoms with Crippen LogP contribution in [0.5, 0.6) is 0 Å². The SMILES string of the molecule is CC(=O)N[C@H](C(=O)N1C[C@H](O)C[C@H]1C(=O)C[C@@H](C)c1ccc(-c2snnc2CO)cc1)C(C)(C)C. The molecular weight excluding hydrogens is 468 g/mol. The van der Waals surface area contributed by atoms with Crippen LogP contribution < -0.4 is 5.32 Å². The van der Waals surface area contributed by atoms with Gasteiger partial charge in [-0.15, -0.1) is 5.10 Å². The molecule has 0 unspecified atom stereocenters. The van der Waals surface area contributed by atoms with Crippen LogP contribution in [0.3, 0.4) is 0 Å². The van der Waals surface area contributed by atoms with E-state index >= 15 is 0 Å². The minimum absolute atomic E-state index is 0.0700. The van der Waals surface area contributed by atoms with Crippen molar-refractivity contribution >= 4 is 29.1 Å². The van der Waals surface area contributed by atoms with Crippen LogP contribution >= 0.6 is 11.5 Å². The van der Waals surface area contributed by atoms with Crippen molar-refractivity contribution in [2.24, 2.45) is 5.41 Å². The van der Waals surface area contributed by atoms with Crippen molar-refractivity contribution in [2.75, 3.05) is 6.54 Å². The molecule has 9 nitrogen and oxygen atoms in total. The highest BCUT2D eigenvalue weighted by atomic mass is 32.1. The second-order valence-corrected chi connectivity index (χ2v) is 11.0. The number of Topliss-reactive ketones (excluding diaryl/α,β-unsaturated/α-hetero) is 1. The fraction of sp³-hybridized carbons (Fsp3) is 0.560. The first-order valence-corrected chi connectivity index (χ1v) is 12.5. The predicted molar refractivity (Wildman–Crippen MR) is 132 cm³/mol. The van der Waals surface area contributed by atoms with E-state index in [-0.39, 0.29) is 49.5 Å². The highest BCUT2D eigenvalue weighted by Gasteiger charge is 2.44. The second-order valence-electron chi connectivity index (χ2n) is 10.3. The fourth-order valence-electron chi connectivity index (χ4n) is 4.43. The minimum Gasteiger partial charge on any atom is -0.391 e. The summed E-state index contributed by atoms with van der Waals surface area (Å²) in [4.78, 5) is 40.6. The molecule has 3 N–H and O–H groups in total. The topological polar surface area (TPSA) is 133 Å². The molecule has 2 heterocycles. The highest BCUT2D eigenvalue weighted by molar-refractivity contribution is 7.09. The number of ketones is 1. The van der Waals surface area contributed by atoms with E-state index in [1.807, 2.05) is 52.0 Å². The van der Waals surface area contributed by atoms with Crippen molar-refractivity contribution in [3.63, 3.8) is 0 Å². The zero-order valence-corrected chi connectivity index (χ0v) is 21.6. The van der Waals surface area contributed by atoms with Crippen molar-refractivity contribution in [2.45, 2.75) is 78.2 Å². The van der Waals surface area contributed by atoms with E-state index in [1.54, 1.807) is 0 Å². The molecule has 2 aromatic rings. The van der Waals surface area contributed by atoms with Gasteiger partial charge in [-0.25, -0.2) is 0 Å². The van der Waals surface area contributed by atoms with Gasteiger partial charge in [0, 0.05) is 26.3 Å². The molecule has 2 amide bonds. The normalized spacial score (nSPS) is 19.9. The monoisotopic (exact) mass is 502 g/mol. The van der Waals surface area contributed by atoms with Crippen LogP contribution in [-0.2, 0) is 21.0 Å². The predicted octanol–water partition coefficient (Wildman–Crippen LogP) is 2.27. The van der Waals surface area contributed by atoms with Gasteiger partial charge in [-0.2, -0.15) is 0 Å². The smallest absolute Gasteiger partial charge is 0.246 e. The molecule has 4 atom stereocenters. The number of benzene rings is 1. The number of carbonyl (C=O) groups is 3. The van der Waals surface area contributed by atoms with Crippen LogP contribution in [0.2, 0.25) is 0 Å². The Bertz CT molecular complexity index is 1060. The van der Waals surface area contributed by atoms with Crippen molar-refractivity contribution in [3.05, 3.63) is 35.5 Å². The number of carbonyl (C=O) groups excluding carboxylic acids is 3. The Morgan fingerprint density at radius 2 is 1.89 bits per heavy atom. The van der Waals surface area contributed by atoms with E-state index in [4.69, 9.17) is 0 Å². The summed E-state index contributed by atoms with van der Waals surface area (Å²) < 4.78 is 3.89. The van der Waals surface area contributed by atoms with E-state index in [0.717, 1.165) is 16.0 Å². The van der Waals surface area contributed by atoms with Gasteiger partial charge in [-0.05, 0) is 34.0 Å². The first-order valence-electron chi connectivity index (χ1n) is 11.7. The van der Waals surface area contributed by atoms with Gasteiger partial charge in [0.05, 0.1) is 23.6 Å². The summed E-state index contributed by atoms with van der Waals surface area (Å²) in [6.07, 6.45) is -0.380. The van der Waals surface area contributed by atoms with Crippen LogP contribution in [0.15, 0.2) is 24.3 Å². The molecule has 1 aromatic carbocycles. The van der Waals surface area contributed by atoms with Gasteiger partial charge in [0.15, 0.2) is 5.78 Å². The van der Waals surface area contributed by atoms with Crippen LogP contribution in [0.25, 0.3) is 10.4 Å². The minimum atomic E-state index is -0.796. The molecule has 35 heavy (non-hydrogen) atoms. The van der Waals surface area contributed by atoms with E-state index in [2.05, 4.69) is 14.9 Å². The molecule has 1 aromatic heterocycles. The average molecular weight is 503 g/mol. The number of aliphatic hydroxyl groups excluding tert-OH is 2. The van der Waals surface area contributed by atoms with Crippen molar-refractivity contribution in [3.8, 4) is 10.4 Å². The van der Waals surface area contributed by atoms with Crippen LogP contribution in [0.1, 0.15) is 64.6 Å². The van der Waals surface area contributed by atoms with E-state index in [0.29, 0.717) is 5.69 Å². The first-order chi connectivity index (χ1) is 16.4. The molecular formula is C25H34N4O5S. The third-order valence-electron chi connectivity index (χ3n) is 6.35. The lowest BCUT2D eigenvalue weighted by Gasteiger charge is -2.35. The van der Waals surface area contributed by atoms with Gasteiger partial charge >= 0.3 is 0 Å². The van der Waals surface area contributed by atoms with Gasteiger partial charge < -0.3 is 20.4 Å². The average Bonchev–Trinajstić information content (AvgIpc) is 3.42. The van der Waals surface area contributed by atoms with E-state index in [9.17, 15) is 24.6 Å². The summed E-state index contributed by atoms with van der Waals surface area (Å²) in [6, 6.07) is 6.19. The molecule has 0 spiro atoms. The molecule has 0 saturated carbocycles. The van der Waals surface area contributed by atoms with Crippen molar-refractivity contribution in [1.82, 2.24) is 19.8 Å². The summed E-state index contributed by atoms with van der Waals surface area (Å²) >= 11 is 1.22. The number of aromatic nitrogens is 2. The maximum Gasteiger partial charge on any atom is 0.246 e. The number of hydrogen-bond donors (Lipinski definition) is 3. The lowest BCUT2D eigenvalue weighted by molar-refractivity contribution is -0.143. The maximum absolute atomic E-state index is 13.4. The van der Waals surface area contributed by atoms with Crippen molar-refractivity contribution in [1.29, 1.82) is 0 Å². The Hall–Kier alpha value is -2.69. The third kappa shape index (κ3) is 6.31. The number of nitrogens with one attached hydrogen (secondary N) is 1. The number of nitrogens with zero attached hydrogens (tertiary/aromatic N) is 3. The van der Waals surface area contributed by atoms with Crippen molar-refractivity contribution < 1.29 is 24.6 Å². The summed E-state index contributed by atoms with van der Waals surface area (Å²) in [7, 11) is 0. The molecule has 1 aliphatic rings. The van der Waals surface area contributed by atoms with Crippen LogP contribution in [0, 0.1) is 5.41 Å².